The fraction of sp³-hybridized carbons (Fsp3) is 0.267. The number of amides is 2. The van der Waals surface area contributed by atoms with E-state index in [1.807, 2.05) is 49.4 Å². The summed E-state index contributed by atoms with van der Waals surface area (Å²) < 4.78 is 19.9. The number of nitrogens with one attached hydrogen (secondary N) is 1. The molecule has 37 heavy (non-hydrogen) atoms. The van der Waals surface area contributed by atoms with E-state index >= 15 is 0 Å². The van der Waals surface area contributed by atoms with Crippen LogP contribution in [-0.2, 0) is 21.5 Å². The second-order valence-electron chi connectivity index (χ2n) is 9.90. The summed E-state index contributed by atoms with van der Waals surface area (Å²) in [7, 11) is 1.64. The maximum absolute atomic E-state index is 14.2. The van der Waals surface area contributed by atoms with E-state index in [1.54, 1.807) is 35.1 Å². The molecule has 6 rings (SSSR count). The van der Waals surface area contributed by atoms with Crippen LogP contribution >= 0.6 is 0 Å². The molecule has 0 saturated carbocycles. The lowest BCUT2D eigenvalue weighted by Gasteiger charge is -2.51. The molecule has 0 radical (unpaired) electrons. The van der Waals surface area contributed by atoms with E-state index in [2.05, 4.69) is 11.1 Å². The highest BCUT2D eigenvalue weighted by atomic mass is 19.1. The molecule has 0 bridgehead atoms. The molecule has 188 valence electrons. The van der Waals surface area contributed by atoms with Gasteiger partial charge in [0.1, 0.15) is 11.6 Å². The molecule has 3 aromatic carbocycles. The van der Waals surface area contributed by atoms with Gasteiger partial charge in [0.25, 0.3) is 5.91 Å². The van der Waals surface area contributed by atoms with Crippen LogP contribution in [0.15, 0.2) is 72.8 Å². The third-order valence-electron chi connectivity index (χ3n) is 7.94. The van der Waals surface area contributed by atoms with Gasteiger partial charge in [-0.25, -0.2) is 4.39 Å². The van der Waals surface area contributed by atoms with Crippen molar-refractivity contribution >= 4 is 22.7 Å². The summed E-state index contributed by atoms with van der Waals surface area (Å²) in [6.07, 6.45) is 0.338. The molecular weight excluding hydrogens is 469 g/mol. The maximum Gasteiger partial charge on any atom is 0.254 e. The highest BCUT2D eigenvalue weighted by molar-refractivity contribution is 6.01. The third kappa shape index (κ3) is 3.52. The number of fused-ring (bicyclic) bond motifs is 5. The maximum atomic E-state index is 14.2. The van der Waals surface area contributed by atoms with Gasteiger partial charge in [-0.05, 0) is 42.7 Å². The Labute approximate surface area is 214 Å². The molecule has 0 spiro atoms. The number of hydrogen-bond donors (Lipinski definition) is 1. The molecule has 0 aliphatic carbocycles. The first-order valence-electron chi connectivity index (χ1n) is 12.5. The van der Waals surface area contributed by atoms with Crippen molar-refractivity contribution in [2.45, 2.75) is 24.8 Å². The summed E-state index contributed by atoms with van der Waals surface area (Å²) in [5, 5.41) is 1.03. The number of methoxy groups -OCH3 is 1. The van der Waals surface area contributed by atoms with Crippen molar-refractivity contribution in [3.8, 4) is 5.75 Å². The Balaban J connectivity index is 1.46. The third-order valence-corrected chi connectivity index (χ3v) is 7.94. The van der Waals surface area contributed by atoms with Crippen LogP contribution in [0.1, 0.15) is 35.2 Å². The molecule has 2 aliphatic rings. The van der Waals surface area contributed by atoms with E-state index in [9.17, 15) is 14.0 Å². The largest absolute Gasteiger partial charge is 0.496 e. The fourth-order valence-electron chi connectivity index (χ4n) is 6.05. The molecule has 6 nitrogen and oxygen atoms in total. The minimum atomic E-state index is -1.20. The number of nitrogens with zero attached hydrogens (tertiary/aromatic N) is 2. The number of aromatic nitrogens is 1. The first kappa shape index (κ1) is 23.3. The van der Waals surface area contributed by atoms with Crippen molar-refractivity contribution in [2.75, 3.05) is 26.7 Å². The van der Waals surface area contributed by atoms with E-state index in [0.29, 0.717) is 18.5 Å². The van der Waals surface area contributed by atoms with Gasteiger partial charge in [0.05, 0.1) is 19.3 Å². The highest BCUT2D eigenvalue weighted by Crippen LogP contribution is 2.49. The van der Waals surface area contributed by atoms with Crippen LogP contribution in [0, 0.1) is 5.82 Å². The smallest absolute Gasteiger partial charge is 0.254 e. The van der Waals surface area contributed by atoms with Crippen LogP contribution in [0.5, 0.6) is 5.75 Å². The number of carbonyl (C=O) groups excluding carboxylic acids is 2. The number of para-hydroxylation sites is 2. The van der Waals surface area contributed by atoms with Gasteiger partial charge in [0, 0.05) is 35.5 Å². The number of aromatic amines is 1. The number of rotatable bonds is 5. The van der Waals surface area contributed by atoms with Crippen LogP contribution in [-0.4, -0.2) is 53.3 Å². The van der Waals surface area contributed by atoms with E-state index in [-0.39, 0.29) is 36.6 Å². The molecule has 1 N–H and O–H groups in total. The second-order valence-corrected chi connectivity index (χ2v) is 9.90. The molecular formula is C30H28FN3O3. The van der Waals surface area contributed by atoms with Crippen molar-refractivity contribution in [3.05, 3.63) is 101 Å². The SMILES string of the molecule is COc1ccccc1[C@H]1CN2C(=O)CN(CCc3ccccc3F)C(=O)[C@]2(C)c2[nH]c3ccccc3c21. The summed E-state index contributed by atoms with van der Waals surface area (Å²) in [6, 6.07) is 22.4. The van der Waals surface area contributed by atoms with Crippen molar-refractivity contribution in [1.82, 2.24) is 14.8 Å². The molecule has 1 fully saturated rings. The first-order chi connectivity index (χ1) is 17.9. The molecule has 7 heteroatoms. The van der Waals surface area contributed by atoms with Crippen molar-refractivity contribution in [3.63, 3.8) is 0 Å². The van der Waals surface area contributed by atoms with Crippen LogP contribution in [0.3, 0.4) is 0 Å². The van der Waals surface area contributed by atoms with Gasteiger partial charge in [-0.2, -0.15) is 0 Å². The lowest BCUT2D eigenvalue weighted by Crippen LogP contribution is -2.67. The van der Waals surface area contributed by atoms with Gasteiger partial charge in [-0.1, -0.05) is 54.6 Å². The quantitative estimate of drug-likeness (QED) is 0.439. The molecule has 3 heterocycles. The molecule has 1 aromatic heterocycles. The number of piperazine rings is 1. The predicted molar refractivity (Wildman–Crippen MR) is 139 cm³/mol. The summed E-state index contributed by atoms with van der Waals surface area (Å²) in [5.74, 6) is -0.0115. The van der Waals surface area contributed by atoms with Crippen LogP contribution < -0.4 is 4.74 Å². The van der Waals surface area contributed by atoms with E-state index < -0.39 is 5.54 Å². The van der Waals surface area contributed by atoms with E-state index in [0.717, 1.165) is 33.5 Å². The Kier molecular flexibility index (Phi) is 5.51. The van der Waals surface area contributed by atoms with Crippen LogP contribution in [0.2, 0.25) is 0 Å². The van der Waals surface area contributed by atoms with E-state index in [1.165, 1.54) is 6.07 Å². The predicted octanol–water partition coefficient (Wildman–Crippen LogP) is 4.59. The molecule has 4 aromatic rings. The first-order valence-corrected chi connectivity index (χ1v) is 12.5. The van der Waals surface area contributed by atoms with Gasteiger partial charge in [0.15, 0.2) is 5.54 Å². The standard InChI is InChI=1S/C30H28FN3O3/c1-30-28-27(21-11-4-7-13-24(21)32-28)22(20-10-5-8-14-25(20)37-2)17-34(30)26(35)18-33(29(30)36)16-15-19-9-3-6-12-23(19)31/h3-14,22,32H,15-18H2,1-2H3/t22-,30+/m1/s1. The zero-order valence-electron chi connectivity index (χ0n) is 20.8. The highest BCUT2D eigenvalue weighted by Gasteiger charge is 2.56. The summed E-state index contributed by atoms with van der Waals surface area (Å²) in [4.78, 5) is 34.6. The van der Waals surface area contributed by atoms with Gasteiger partial charge >= 0.3 is 0 Å². The summed E-state index contributed by atoms with van der Waals surface area (Å²) in [6.45, 7) is 2.42. The van der Waals surface area contributed by atoms with E-state index in [4.69, 9.17) is 4.74 Å². The Morgan fingerprint density at radius 3 is 2.57 bits per heavy atom. The Hall–Kier alpha value is -4.13. The lowest BCUT2D eigenvalue weighted by molar-refractivity contribution is -0.166. The number of ether oxygens (including phenoxy) is 1. The van der Waals surface area contributed by atoms with Gasteiger partial charge in [-0.15, -0.1) is 0 Å². The molecule has 0 unspecified atom stereocenters. The minimum absolute atomic E-state index is 0.0307. The molecule has 1 saturated heterocycles. The van der Waals surface area contributed by atoms with Crippen LogP contribution in [0.25, 0.3) is 10.9 Å². The number of hydrogen-bond acceptors (Lipinski definition) is 3. The summed E-state index contributed by atoms with van der Waals surface area (Å²) in [5.41, 5.74) is 2.96. The Morgan fingerprint density at radius 1 is 1.03 bits per heavy atom. The zero-order chi connectivity index (χ0) is 25.7. The van der Waals surface area contributed by atoms with Gasteiger partial charge < -0.3 is 19.5 Å². The fourth-order valence-corrected chi connectivity index (χ4v) is 6.05. The summed E-state index contributed by atoms with van der Waals surface area (Å²) >= 11 is 0. The zero-order valence-corrected chi connectivity index (χ0v) is 20.8. The number of carbonyl (C=O) groups is 2. The Bertz CT molecular complexity index is 1530. The normalized spacial score (nSPS) is 21.2. The van der Waals surface area contributed by atoms with Crippen LogP contribution in [0.4, 0.5) is 4.39 Å². The number of halogens is 1. The minimum Gasteiger partial charge on any atom is -0.496 e. The second kappa shape index (κ2) is 8.76. The Morgan fingerprint density at radius 2 is 1.76 bits per heavy atom. The van der Waals surface area contributed by atoms with Gasteiger partial charge in [0.2, 0.25) is 5.91 Å². The molecule has 2 aliphatic heterocycles. The monoisotopic (exact) mass is 497 g/mol. The lowest BCUT2D eigenvalue weighted by atomic mass is 9.76. The number of benzene rings is 3. The average molecular weight is 498 g/mol. The molecule has 2 atom stereocenters. The average Bonchev–Trinajstić information content (AvgIpc) is 3.32. The van der Waals surface area contributed by atoms with Crippen molar-refractivity contribution in [1.29, 1.82) is 0 Å². The van der Waals surface area contributed by atoms with Gasteiger partial charge in [-0.3, -0.25) is 9.59 Å². The van der Waals surface area contributed by atoms with Crippen molar-refractivity contribution < 1.29 is 18.7 Å². The van der Waals surface area contributed by atoms with Crippen molar-refractivity contribution in [2.24, 2.45) is 0 Å². The molecule has 2 amide bonds. The number of H-pyrrole nitrogens is 1. The topological polar surface area (TPSA) is 65.6 Å².